The van der Waals surface area contributed by atoms with Crippen molar-refractivity contribution in [2.75, 3.05) is 16.8 Å². The van der Waals surface area contributed by atoms with Crippen LogP contribution in [0, 0.1) is 13.8 Å². The van der Waals surface area contributed by atoms with Crippen LogP contribution >= 0.6 is 28.1 Å². The summed E-state index contributed by atoms with van der Waals surface area (Å²) in [4.78, 5) is 39.3. The van der Waals surface area contributed by atoms with Gasteiger partial charge in [0, 0.05) is 10.2 Å². The second-order valence-corrected chi connectivity index (χ2v) is 9.45. The molecule has 0 atom stereocenters. The minimum atomic E-state index is -0.586. The summed E-state index contributed by atoms with van der Waals surface area (Å²) in [6.07, 6.45) is 1.47. The predicted octanol–water partition coefficient (Wildman–Crippen LogP) is 4.91. The fourth-order valence-electron chi connectivity index (χ4n) is 3.51. The van der Waals surface area contributed by atoms with Gasteiger partial charge in [-0.3, -0.25) is 24.6 Å². The average molecular weight is 564 g/mol. The summed E-state index contributed by atoms with van der Waals surface area (Å²) in [7, 11) is 0. The zero-order valence-electron chi connectivity index (χ0n) is 19.5. The van der Waals surface area contributed by atoms with E-state index in [1.807, 2.05) is 32.0 Å². The minimum Gasteiger partial charge on any atom is -0.484 e. The van der Waals surface area contributed by atoms with Crippen molar-refractivity contribution in [2.24, 2.45) is 0 Å². The van der Waals surface area contributed by atoms with E-state index in [1.54, 1.807) is 48.5 Å². The summed E-state index contributed by atoms with van der Waals surface area (Å²) in [6, 6.07) is 19.5. The Hall–Kier alpha value is -3.82. The van der Waals surface area contributed by atoms with E-state index in [-0.39, 0.29) is 23.2 Å². The lowest BCUT2D eigenvalue weighted by atomic mass is 10.1. The second-order valence-electron chi connectivity index (χ2n) is 8.14. The highest BCUT2D eigenvalue weighted by Crippen LogP contribution is 2.25. The number of carbonyl (C=O) groups excluding carboxylic acids is 3. The SMILES string of the molecule is Cc1ccc(NC(=O)COc2cccc(/C=C3\C(=O)NC(=S)N(c4ccc(Br)cc4)C3=O)c2)cc1C. The van der Waals surface area contributed by atoms with Gasteiger partial charge in [-0.25, -0.2) is 0 Å². The van der Waals surface area contributed by atoms with Gasteiger partial charge in [-0.15, -0.1) is 0 Å². The smallest absolute Gasteiger partial charge is 0.270 e. The van der Waals surface area contributed by atoms with Gasteiger partial charge in [0.25, 0.3) is 17.7 Å². The molecule has 1 saturated heterocycles. The number of benzene rings is 3. The quantitative estimate of drug-likeness (QED) is 0.252. The number of rotatable bonds is 6. The third kappa shape index (κ3) is 5.87. The first-order chi connectivity index (χ1) is 17.2. The highest BCUT2D eigenvalue weighted by Gasteiger charge is 2.34. The maximum absolute atomic E-state index is 13.2. The molecule has 4 rings (SSSR count). The maximum atomic E-state index is 13.2. The summed E-state index contributed by atoms with van der Waals surface area (Å²) in [5.74, 6) is -1.01. The van der Waals surface area contributed by atoms with Gasteiger partial charge in [0.2, 0.25) is 0 Å². The minimum absolute atomic E-state index is 0.0105. The number of carbonyl (C=O) groups is 3. The van der Waals surface area contributed by atoms with Gasteiger partial charge in [0.05, 0.1) is 5.69 Å². The van der Waals surface area contributed by atoms with E-state index in [0.717, 1.165) is 15.6 Å². The van der Waals surface area contributed by atoms with E-state index in [9.17, 15) is 14.4 Å². The van der Waals surface area contributed by atoms with Gasteiger partial charge < -0.3 is 10.1 Å². The Kier molecular flexibility index (Phi) is 7.61. The van der Waals surface area contributed by atoms with Crippen LogP contribution in [0.25, 0.3) is 6.08 Å². The standard InChI is InChI=1S/C27H22BrN3O4S/c1-16-6-9-20(12-17(16)2)29-24(32)15-35-22-5-3-4-18(13-22)14-23-25(33)30-27(36)31(26(23)34)21-10-7-19(28)8-11-21/h3-14H,15H2,1-2H3,(H,29,32)(H,30,33,36)/b23-14+. The Morgan fingerprint density at radius 2 is 1.81 bits per heavy atom. The lowest BCUT2D eigenvalue weighted by Crippen LogP contribution is -2.54. The van der Waals surface area contributed by atoms with Crippen LogP contribution in [-0.4, -0.2) is 29.4 Å². The van der Waals surface area contributed by atoms with Crippen LogP contribution in [0.5, 0.6) is 5.75 Å². The van der Waals surface area contributed by atoms with Crippen LogP contribution in [0.4, 0.5) is 11.4 Å². The first-order valence-corrected chi connectivity index (χ1v) is 12.2. The van der Waals surface area contributed by atoms with Gasteiger partial charge >= 0.3 is 0 Å². The van der Waals surface area contributed by atoms with Gasteiger partial charge in [0.15, 0.2) is 11.7 Å². The highest BCUT2D eigenvalue weighted by molar-refractivity contribution is 9.10. The molecule has 3 aromatic rings. The van der Waals surface area contributed by atoms with Gasteiger partial charge in [-0.1, -0.05) is 34.1 Å². The first kappa shape index (κ1) is 25.3. The second kappa shape index (κ2) is 10.8. The molecule has 3 aromatic carbocycles. The zero-order chi connectivity index (χ0) is 25.8. The molecule has 182 valence electrons. The van der Waals surface area contributed by atoms with Crippen LogP contribution in [0.15, 0.2) is 76.8 Å². The van der Waals surface area contributed by atoms with Crippen LogP contribution < -0.4 is 20.3 Å². The lowest BCUT2D eigenvalue weighted by Gasteiger charge is -2.29. The molecular weight excluding hydrogens is 542 g/mol. The number of hydrogen-bond donors (Lipinski definition) is 2. The Bertz CT molecular complexity index is 1400. The number of nitrogens with one attached hydrogen (secondary N) is 2. The molecule has 0 radical (unpaired) electrons. The summed E-state index contributed by atoms with van der Waals surface area (Å²) < 4.78 is 6.48. The third-order valence-corrected chi connectivity index (χ3v) is 6.33. The maximum Gasteiger partial charge on any atom is 0.270 e. The molecule has 0 spiro atoms. The average Bonchev–Trinajstić information content (AvgIpc) is 2.84. The van der Waals surface area contributed by atoms with Crippen LogP contribution in [0.2, 0.25) is 0 Å². The largest absolute Gasteiger partial charge is 0.484 e. The number of amides is 3. The molecule has 0 aromatic heterocycles. The summed E-state index contributed by atoms with van der Waals surface area (Å²) >= 11 is 8.59. The van der Waals surface area contributed by atoms with Crippen molar-refractivity contribution in [3.05, 3.63) is 93.5 Å². The normalized spacial score (nSPS) is 14.6. The van der Waals surface area contributed by atoms with Crippen LogP contribution in [0.1, 0.15) is 16.7 Å². The molecule has 0 bridgehead atoms. The van der Waals surface area contributed by atoms with E-state index in [1.165, 1.54) is 11.0 Å². The van der Waals surface area contributed by atoms with E-state index >= 15 is 0 Å². The number of hydrogen-bond acceptors (Lipinski definition) is 5. The van der Waals surface area contributed by atoms with E-state index in [0.29, 0.717) is 22.7 Å². The topological polar surface area (TPSA) is 87.7 Å². The van der Waals surface area contributed by atoms with Gasteiger partial charge in [0.1, 0.15) is 11.3 Å². The number of thiocarbonyl (C=S) groups is 1. The summed E-state index contributed by atoms with van der Waals surface area (Å²) in [5.41, 5.74) is 3.93. The fraction of sp³-hybridized carbons (Fsp3) is 0.111. The highest BCUT2D eigenvalue weighted by atomic mass is 79.9. The predicted molar refractivity (Wildman–Crippen MR) is 147 cm³/mol. The number of halogens is 1. The molecule has 7 nitrogen and oxygen atoms in total. The number of ether oxygens (including phenoxy) is 1. The molecule has 1 aliphatic rings. The van der Waals surface area contributed by atoms with Gasteiger partial charge in [-0.2, -0.15) is 0 Å². The Balaban J connectivity index is 1.47. The number of nitrogens with zero attached hydrogens (tertiary/aromatic N) is 1. The molecule has 1 fully saturated rings. The monoisotopic (exact) mass is 563 g/mol. The molecular formula is C27H22BrN3O4S. The van der Waals surface area contributed by atoms with Crippen molar-refractivity contribution >= 4 is 68.4 Å². The Morgan fingerprint density at radius 3 is 2.53 bits per heavy atom. The third-order valence-electron chi connectivity index (χ3n) is 5.52. The molecule has 36 heavy (non-hydrogen) atoms. The number of aryl methyl sites for hydroxylation is 2. The fourth-order valence-corrected chi connectivity index (χ4v) is 4.05. The van der Waals surface area contributed by atoms with Crippen molar-refractivity contribution in [1.82, 2.24) is 5.32 Å². The Labute approximate surface area is 222 Å². The van der Waals surface area contributed by atoms with Crippen LogP contribution in [0.3, 0.4) is 0 Å². The molecule has 1 aliphatic heterocycles. The van der Waals surface area contributed by atoms with Crippen molar-refractivity contribution in [3.8, 4) is 5.75 Å². The molecule has 2 N–H and O–H groups in total. The van der Waals surface area contributed by atoms with Crippen LogP contribution in [-0.2, 0) is 14.4 Å². The van der Waals surface area contributed by atoms with E-state index in [2.05, 4.69) is 26.6 Å². The zero-order valence-corrected chi connectivity index (χ0v) is 21.9. The molecule has 0 aliphatic carbocycles. The Morgan fingerprint density at radius 1 is 1.06 bits per heavy atom. The number of anilines is 2. The van der Waals surface area contributed by atoms with Crippen molar-refractivity contribution < 1.29 is 19.1 Å². The molecule has 0 saturated carbocycles. The summed E-state index contributed by atoms with van der Waals surface area (Å²) in [5, 5.41) is 5.38. The van der Waals surface area contributed by atoms with Crippen molar-refractivity contribution in [2.45, 2.75) is 13.8 Å². The summed E-state index contributed by atoms with van der Waals surface area (Å²) in [6.45, 7) is 3.78. The lowest BCUT2D eigenvalue weighted by molar-refractivity contribution is -0.122. The first-order valence-electron chi connectivity index (χ1n) is 11.0. The van der Waals surface area contributed by atoms with Crippen molar-refractivity contribution in [1.29, 1.82) is 0 Å². The van der Waals surface area contributed by atoms with Crippen molar-refractivity contribution in [3.63, 3.8) is 0 Å². The molecule has 3 amide bonds. The molecule has 9 heteroatoms. The molecule has 1 heterocycles. The van der Waals surface area contributed by atoms with E-state index in [4.69, 9.17) is 17.0 Å². The van der Waals surface area contributed by atoms with E-state index < -0.39 is 11.8 Å². The van der Waals surface area contributed by atoms with Gasteiger partial charge in [-0.05, 0) is 97.4 Å². The molecule has 0 unspecified atom stereocenters.